The van der Waals surface area contributed by atoms with Crippen LogP contribution in [0.1, 0.15) is 27.3 Å². The normalized spacial score (nSPS) is 11.5. The molecule has 2 aromatic rings. The maximum absolute atomic E-state index is 12.5. The SMILES string of the molecule is Cc1cc(C)n(S(C)(=O)=O)c1C(=O)c1ccccc1. The fraction of sp³-hybridized carbons (Fsp3) is 0.214. The van der Waals surface area contributed by atoms with Crippen LogP contribution in [-0.2, 0) is 10.0 Å². The number of carbonyl (C=O) groups excluding carboxylic acids is 1. The smallest absolute Gasteiger partial charge is 0.236 e. The summed E-state index contributed by atoms with van der Waals surface area (Å²) < 4.78 is 24.8. The highest BCUT2D eigenvalue weighted by Gasteiger charge is 2.23. The molecule has 0 aliphatic carbocycles. The van der Waals surface area contributed by atoms with Crippen molar-refractivity contribution in [1.82, 2.24) is 3.97 Å². The number of hydrogen-bond donors (Lipinski definition) is 0. The number of rotatable bonds is 3. The number of aromatic nitrogens is 1. The highest BCUT2D eigenvalue weighted by molar-refractivity contribution is 7.89. The Bertz CT molecular complexity index is 728. The lowest BCUT2D eigenvalue weighted by Gasteiger charge is -2.09. The minimum atomic E-state index is -3.50. The third kappa shape index (κ3) is 2.46. The van der Waals surface area contributed by atoms with E-state index in [0.29, 0.717) is 16.8 Å². The van der Waals surface area contributed by atoms with E-state index in [4.69, 9.17) is 0 Å². The number of ketones is 1. The number of carbonyl (C=O) groups is 1. The molecular formula is C14H15NO3S. The molecule has 2 rings (SSSR count). The van der Waals surface area contributed by atoms with Gasteiger partial charge in [-0.1, -0.05) is 30.3 Å². The van der Waals surface area contributed by atoms with Crippen LogP contribution in [-0.4, -0.2) is 24.4 Å². The Labute approximate surface area is 112 Å². The van der Waals surface area contributed by atoms with Crippen molar-refractivity contribution >= 4 is 15.8 Å². The van der Waals surface area contributed by atoms with Crippen LogP contribution in [0.4, 0.5) is 0 Å². The van der Waals surface area contributed by atoms with Gasteiger partial charge in [-0.25, -0.2) is 12.4 Å². The first kappa shape index (κ1) is 13.5. The monoisotopic (exact) mass is 277 g/mol. The molecule has 0 unspecified atom stereocenters. The molecule has 0 fully saturated rings. The summed E-state index contributed by atoms with van der Waals surface area (Å²) in [5.41, 5.74) is 1.90. The van der Waals surface area contributed by atoms with Gasteiger partial charge in [0, 0.05) is 11.3 Å². The molecule has 1 aromatic carbocycles. The lowest BCUT2D eigenvalue weighted by atomic mass is 10.1. The first-order valence-corrected chi connectivity index (χ1v) is 7.66. The van der Waals surface area contributed by atoms with Gasteiger partial charge in [-0.2, -0.15) is 0 Å². The molecule has 0 saturated carbocycles. The third-order valence-electron chi connectivity index (χ3n) is 2.91. The highest BCUT2D eigenvalue weighted by atomic mass is 32.2. The van der Waals surface area contributed by atoms with Crippen LogP contribution in [0.15, 0.2) is 36.4 Å². The first-order chi connectivity index (χ1) is 8.82. The predicted octanol–water partition coefficient (Wildman–Crippen LogP) is 2.14. The third-order valence-corrected chi connectivity index (χ3v) is 4.04. The molecule has 5 heteroatoms. The largest absolute Gasteiger partial charge is 0.287 e. The highest BCUT2D eigenvalue weighted by Crippen LogP contribution is 2.20. The maximum Gasteiger partial charge on any atom is 0.236 e. The van der Waals surface area contributed by atoms with Crippen LogP contribution >= 0.6 is 0 Å². The van der Waals surface area contributed by atoms with Crippen molar-refractivity contribution < 1.29 is 13.2 Å². The Morgan fingerprint density at radius 2 is 1.68 bits per heavy atom. The van der Waals surface area contributed by atoms with E-state index >= 15 is 0 Å². The van der Waals surface area contributed by atoms with Crippen molar-refractivity contribution in [3.05, 3.63) is 58.9 Å². The summed E-state index contributed by atoms with van der Waals surface area (Å²) in [4.78, 5) is 12.5. The van der Waals surface area contributed by atoms with Crippen molar-refractivity contribution in [3.63, 3.8) is 0 Å². The summed E-state index contributed by atoms with van der Waals surface area (Å²) in [5, 5.41) is 0. The summed E-state index contributed by atoms with van der Waals surface area (Å²) >= 11 is 0. The quantitative estimate of drug-likeness (QED) is 0.808. The minimum Gasteiger partial charge on any atom is -0.287 e. The average molecular weight is 277 g/mol. The molecule has 0 spiro atoms. The van der Waals surface area contributed by atoms with Crippen LogP contribution < -0.4 is 0 Å². The van der Waals surface area contributed by atoms with E-state index in [0.717, 1.165) is 10.2 Å². The molecule has 0 aliphatic heterocycles. The Hall–Kier alpha value is -1.88. The van der Waals surface area contributed by atoms with E-state index in [2.05, 4.69) is 0 Å². The van der Waals surface area contributed by atoms with Crippen molar-refractivity contribution in [2.45, 2.75) is 13.8 Å². The second-order valence-electron chi connectivity index (χ2n) is 4.54. The molecule has 100 valence electrons. The summed E-state index contributed by atoms with van der Waals surface area (Å²) in [6, 6.07) is 10.4. The Kier molecular flexibility index (Phi) is 3.32. The molecule has 1 heterocycles. The van der Waals surface area contributed by atoms with Gasteiger partial charge in [-0.05, 0) is 25.5 Å². The summed E-state index contributed by atoms with van der Waals surface area (Å²) in [6.07, 6.45) is 1.10. The second-order valence-corrected chi connectivity index (χ2v) is 6.37. The summed E-state index contributed by atoms with van der Waals surface area (Å²) in [5.74, 6) is -0.281. The topological polar surface area (TPSA) is 56.1 Å². The van der Waals surface area contributed by atoms with Gasteiger partial charge in [0.1, 0.15) is 5.69 Å². The number of hydrogen-bond acceptors (Lipinski definition) is 3. The zero-order chi connectivity index (χ0) is 14.2. The van der Waals surface area contributed by atoms with Crippen molar-refractivity contribution in [2.75, 3.05) is 6.26 Å². The molecule has 0 aliphatic rings. The van der Waals surface area contributed by atoms with Gasteiger partial charge in [-0.15, -0.1) is 0 Å². The number of nitrogens with zero attached hydrogens (tertiary/aromatic N) is 1. The Balaban J connectivity index is 2.68. The number of benzene rings is 1. The predicted molar refractivity (Wildman–Crippen MR) is 74.0 cm³/mol. The molecule has 0 radical (unpaired) electrons. The van der Waals surface area contributed by atoms with E-state index in [1.807, 2.05) is 6.07 Å². The fourth-order valence-electron chi connectivity index (χ4n) is 2.20. The molecule has 4 nitrogen and oxygen atoms in total. The second kappa shape index (κ2) is 4.66. The molecule has 0 atom stereocenters. The van der Waals surface area contributed by atoms with E-state index < -0.39 is 10.0 Å². The lowest BCUT2D eigenvalue weighted by Crippen LogP contribution is -2.19. The van der Waals surface area contributed by atoms with E-state index in [9.17, 15) is 13.2 Å². The molecule has 0 amide bonds. The van der Waals surface area contributed by atoms with Crippen LogP contribution in [0.2, 0.25) is 0 Å². The van der Waals surface area contributed by atoms with Crippen molar-refractivity contribution in [3.8, 4) is 0 Å². The van der Waals surface area contributed by atoms with Crippen LogP contribution in [0.3, 0.4) is 0 Å². The standard InChI is InChI=1S/C14H15NO3S/c1-10-9-11(2)15(19(3,17)18)13(10)14(16)12-7-5-4-6-8-12/h4-9H,1-3H3. The fourth-order valence-corrected chi connectivity index (χ4v) is 3.34. The van der Waals surface area contributed by atoms with Gasteiger partial charge in [-0.3, -0.25) is 4.79 Å². The molecule has 0 saturated heterocycles. The van der Waals surface area contributed by atoms with Gasteiger partial charge in [0.25, 0.3) is 0 Å². The molecule has 19 heavy (non-hydrogen) atoms. The Morgan fingerprint density at radius 1 is 1.11 bits per heavy atom. The zero-order valence-corrected chi connectivity index (χ0v) is 11.9. The van der Waals surface area contributed by atoms with Crippen LogP contribution in [0.25, 0.3) is 0 Å². The summed E-state index contributed by atoms with van der Waals surface area (Å²) in [6.45, 7) is 3.42. The summed E-state index contributed by atoms with van der Waals surface area (Å²) in [7, 11) is -3.50. The maximum atomic E-state index is 12.5. The molecular weight excluding hydrogens is 262 g/mol. The Morgan fingerprint density at radius 3 is 2.21 bits per heavy atom. The lowest BCUT2D eigenvalue weighted by molar-refractivity contribution is 0.103. The van der Waals surface area contributed by atoms with Gasteiger partial charge in [0.05, 0.1) is 6.26 Å². The molecule has 1 aromatic heterocycles. The average Bonchev–Trinajstić information content (AvgIpc) is 2.64. The molecule has 0 bridgehead atoms. The zero-order valence-electron chi connectivity index (χ0n) is 11.0. The van der Waals surface area contributed by atoms with E-state index in [1.165, 1.54) is 0 Å². The van der Waals surface area contributed by atoms with E-state index in [1.54, 1.807) is 44.2 Å². The van der Waals surface area contributed by atoms with Crippen LogP contribution in [0.5, 0.6) is 0 Å². The van der Waals surface area contributed by atoms with Crippen molar-refractivity contribution in [2.24, 2.45) is 0 Å². The minimum absolute atomic E-state index is 0.214. The van der Waals surface area contributed by atoms with Gasteiger partial charge in [0.2, 0.25) is 15.8 Å². The number of aryl methyl sites for hydroxylation is 2. The molecule has 0 N–H and O–H groups in total. The van der Waals surface area contributed by atoms with Gasteiger partial charge >= 0.3 is 0 Å². The van der Waals surface area contributed by atoms with Crippen molar-refractivity contribution in [1.29, 1.82) is 0 Å². The first-order valence-electron chi connectivity index (χ1n) is 5.81. The van der Waals surface area contributed by atoms with E-state index in [-0.39, 0.29) is 11.5 Å². The van der Waals surface area contributed by atoms with Gasteiger partial charge in [0.15, 0.2) is 0 Å². The van der Waals surface area contributed by atoms with Gasteiger partial charge < -0.3 is 0 Å². The van der Waals surface area contributed by atoms with Crippen LogP contribution in [0, 0.1) is 13.8 Å².